The van der Waals surface area contributed by atoms with Crippen LogP contribution in [0.25, 0.3) is 17.0 Å². The van der Waals surface area contributed by atoms with E-state index in [1.807, 2.05) is 42.0 Å². The monoisotopic (exact) mass is 451 g/mol. The molecule has 32 heavy (non-hydrogen) atoms. The van der Waals surface area contributed by atoms with Gasteiger partial charge in [-0.15, -0.1) is 0 Å². The van der Waals surface area contributed by atoms with E-state index in [1.54, 1.807) is 18.4 Å². The second-order valence-corrected chi connectivity index (χ2v) is 8.56. The van der Waals surface area contributed by atoms with Crippen LogP contribution in [0.3, 0.4) is 0 Å². The Morgan fingerprint density at radius 1 is 1.19 bits per heavy atom. The van der Waals surface area contributed by atoms with Gasteiger partial charge < -0.3 is 14.3 Å². The fourth-order valence-corrected chi connectivity index (χ4v) is 4.71. The van der Waals surface area contributed by atoms with Crippen molar-refractivity contribution in [3.8, 4) is 0 Å². The maximum Gasteiger partial charge on any atom is 0.293 e. The number of carbonyl (C=O) groups is 3. The molecule has 0 atom stereocenters. The molecular weight excluding hydrogens is 426 g/mol. The molecule has 0 unspecified atom stereocenters. The summed E-state index contributed by atoms with van der Waals surface area (Å²) in [7, 11) is 0. The van der Waals surface area contributed by atoms with E-state index in [4.69, 9.17) is 4.42 Å². The molecule has 1 fully saturated rings. The third kappa shape index (κ3) is 4.36. The molecule has 4 rings (SSSR count). The summed E-state index contributed by atoms with van der Waals surface area (Å²) in [5.74, 6) is 0.290. The Hall–Kier alpha value is -3.26. The first-order valence-corrected chi connectivity index (χ1v) is 11.5. The molecule has 1 aliphatic rings. The predicted octanol–water partition coefficient (Wildman–Crippen LogP) is 4.56. The minimum absolute atomic E-state index is 0.138. The van der Waals surface area contributed by atoms with Crippen LogP contribution in [-0.4, -0.2) is 33.1 Å². The molecule has 0 spiro atoms. The van der Waals surface area contributed by atoms with Crippen LogP contribution in [-0.2, 0) is 29.1 Å². The van der Waals surface area contributed by atoms with Gasteiger partial charge in [-0.05, 0) is 48.4 Å². The first-order chi connectivity index (χ1) is 15.5. The van der Waals surface area contributed by atoms with E-state index >= 15 is 0 Å². The van der Waals surface area contributed by atoms with E-state index in [0.717, 1.165) is 46.6 Å². The summed E-state index contributed by atoms with van der Waals surface area (Å²) in [5.41, 5.74) is 2.89. The Morgan fingerprint density at radius 3 is 2.75 bits per heavy atom. The quantitative estimate of drug-likeness (QED) is 0.508. The van der Waals surface area contributed by atoms with Crippen LogP contribution in [0.4, 0.5) is 4.79 Å². The number of fused-ring (bicyclic) bond motifs is 1. The van der Waals surface area contributed by atoms with Crippen molar-refractivity contribution in [1.82, 2.24) is 14.8 Å². The first kappa shape index (κ1) is 22.0. The maximum absolute atomic E-state index is 12.7. The molecule has 3 aromatic rings. The highest BCUT2D eigenvalue weighted by atomic mass is 32.2. The molecule has 2 aromatic heterocycles. The molecule has 7 nitrogen and oxygen atoms in total. The van der Waals surface area contributed by atoms with Gasteiger partial charge >= 0.3 is 0 Å². The van der Waals surface area contributed by atoms with Gasteiger partial charge in [0, 0.05) is 23.7 Å². The molecule has 166 valence electrons. The Morgan fingerprint density at radius 2 is 2.03 bits per heavy atom. The molecule has 0 aliphatic carbocycles. The summed E-state index contributed by atoms with van der Waals surface area (Å²) in [6.45, 7) is 4.88. The van der Waals surface area contributed by atoms with E-state index in [9.17, 15) is 14.4 Å². The zero-order valence-electron chi connectivity index (χ0n) is 18.1. The van der Waals surface area contributed by atoms with E-state index < -0.39 is 0 Å². The van der Waals surface area contributed by atoms with Gasteiger partial charge in [-0.1, -0.05) is 32.0 Å². The third-order valence-electron chi connectivity index (χ3n) is 5.35. The SMILES string of the molecule is CCCN1C(=O)S/C(=C\c2cn(CC(=O)NCc3ccco3)c3c(CC)cccc23)C1=O. The number of hydrogen-bond donors (Lipinski definition) is 1. The zero-order valence-corrected chi connectivity index (χ0v) is 18.9. The zero-order chi connectivity index (χ0) is 22.7. The van der Waals surface area contributed by atoms with Crippen molar-refractivity contribution in [1.29, 1.82) is 0 Å². The number of aromatic nitrogens is 1. The number of para-hydroxylation sites is 1. The fraction of sp³-hybridized carbons (Fsp3) is 0.292. The van der Waals surface area contributed by atoms with Crippen molar-refractivity contribution in [2.75, 3.05) is 6.54 Å². The molecule has 0 bridgehead atoms. The highest BCUT2D eigenvalue weighted by molar-refractivity contribution is 8.18. The number of amides is 3. The van der Waals surface area contributed by atoms with Crippen molar-refractivity contribution in [3.05, 3.63) is 64.6 Å². The van der Waals surface area contributed by atoms with Crippen LogP contribution in [0.15, 0.2) is 52.1 Å². The Balaban J connectivity index is 1.65. The minimum atomic E-state index is -0.259. The maximum atomic E-state index is 12.7. The van der Waals surface area contributed by atoms with Crippen LogP contribution >= 0.6 is 11.8 Å². The fourth-order valence-electron chi connectivity index (χ4n) is 3.86. The van der Waals surface area contributed by atoms with Crippen LogP contribution in [0.2, 0.25) is 0 Å². The van der Waals surface area contributed by atoms with Crippen molar-refractivity contribution >= 4 is 45.8 Å². The smallest absolute Gasteiger partial charge is 0.293 e. The van der Waals surface area contributed by atoms with Crippen LogP contribution in [0.5, 0.6) is 0 Å². The van der Waals surface area contributed by atoms with Crippen LogP contribution < -0.4 is 5.32 Å². The molecule has 1 aromatic carbocycles. The number of nitrogens with zero attached hydrogens (tertiary/aromatic N) is 2. The topological polar surface area (TPSA) is 84.6 Å². The minimum Gasteiger partial charge on any atom is -0.467 e. The molecule has 1 N–H and O–H groups in total. The van der Waals surface area contributed by atoms with Gasteiger partial charge in [0.15, 0.2) is 0 Å². The largest absolute Gasteiger partial charge is 0.467 e. The first-order valence-electron chi connectivity index (χ1n) is 10.7. The molecule has 0 saturated carbocycles. The normalized spacial score (nSPS) is 15.3. The summed E-state index contributed by atoms with van der Waals surface area (Å²) in [6.07, 6.45) is 6.74. The second kappa shape index (κ2) is 9.48. The molecule has 0 radical (unpaired) electrons. The lowest BCUT2D eigenvalue weighted by atomic mass is 10.1. The molecule has 3 amide bonds. The number of imide groups is 1. The van der Waals surface area contributed by atoms with Crippen molar-refractivity contribution in [3.63, 3.8) is 0 Å². The lowest BCUT2D eigenvalue weighted by Crippen LogP contribution is -2.28. The number of hydrogen-bond acceptors (Lipinski definition) is 5. The van der Waals surface area contributed by atoms with Crippen molar-refractivity contribution in [2.45, 2.75) is 39.8 Å². The average molecular weight is 452 g/mol. The van der Waals surface area contributed by atoms with E-state index in [1.165, 1.54) is 4.90 Å². The van der Waals surface area contributed by atoms with E-state index in [0.29, 0.717) is 23.8 Å². The van der Waals surface area contributed by atoms with Gasteiger partial charge in [0.2, 0.25) is 5.91 Å². The Labute approximate surface area is 190 Å². The molecular formula is C24H25N3O4S. The summed E-state index contributed by atoms with van der Waals surface area (Å²) in [5, 5.41) is 3.58. The molecule has 1 saturated heterocycles. The molecule has 1 aliphatic heterocycles. The number of nitrogens with one attached hydrogen (secondary N) is 1. The summed E-state index contributed by atoms with van der Waals surface area (Å²) < 4.78 is 7.18. The number of thioether (sulfide) groups is 1. The Bertz CT molecular complexity index is 1190. The highest BCUT2D eigenvalue weighted by Gasteiger charge is 2.34. The lowest BCUT2D eigenvalue weighted by Gasteiger charge is -2.09. The van der Waals surface area contributed by atoms with Gasteiger partial charge in [0.25, 0.3) is 11.1 Å². The number of aryl methyl sites for hydroxylation is 1. The Kier molecular flexibility index (Phi) is 6.50. The van der Waals surface area contributed by atoms with E-state index in [2.05, 4.69) is 12.2 Å². The summed E-state index contributed by atoms with van der Waals surface area (Å²) in [4.78, 5) is 39.2. The molecule has 8 heteroatoms. The van der Waals surface area contributed by atoms with Gasteiger partial charge in [-0.3, -0.25) is 19.3 Å². The van der Waals surface area contributed by atoms with Gasteiger partial charge in [0.05, 0.1) is 23.2 Å². The van der Waals surface area contributed by atoms with Crippen molar-refractivity contribution < 1.29 is 18.8 Å². The van der Waals surface area contributed by atoms with Gasteiger partial charge in [-0.2, -0.15) is 0 Å². The third-order valence-corrected chi connectivity index (χ3v) is 6.26. The highest BCUT2D eigenvalue weighted by Crippen LogP contribution is 2.35. The second-order valence-electron chi connectivity index (χ2n) is 7.57. The van der Waals surface area contributed by atoms with Crippen LogP contribution in [0.1, 0.15) is 37.2 Å². The van der Waals surface area contributed by atoms with Gasteiger partial charge in [0.1, 0.15) is 12.3 Å². The number of rotatable bonds is 8. The van der Waals surface area contributed by atoms with E-state index in [-0.39, 0.29) is 23.6 Å². The summed E-state index contributed by atoms with van der Waals surface area (Å²) in [6, 6.07) is 9.59. The number of benzene rings is 1. The molecule has 3 heterocycles. The van der Waals surface area contributed by atoms with Crippen molar-refractivity contribution in [2.24, 2.45) is 0 Å². The standard InChI is InChI=1S/C24H25N3O4S/c1-3-10-27-23(29)20(32-24(27)30)12-17-14-26(22-16(4-2)7-5-9-19(17)22)15-21(28)25-13-18-8-6-11-31-18/h5-9,11-12,14H,3-4,10,13,15H2,1-2H3,(H,25,28)/b20-12-. The summed E-state index contributed by atoms with van der Waals surface area (Å²) >= 11 is 0.964. The number of carbonyl (C=O) groups excluding carboxylic acids is 3. The lowest BCUT2D eigenvalue weighted by molar-refractivity contribution is -0.123. The predicted molar refractivity (Wildman–Crippen MR) is 125 cm³/mol. The van der Waals surface area contributed by atoms with Crippen LogP contribution in [0, 0.1) is 0 Å². The van der Waals surface area contributed by atoms with Gasteiger partial charge in [-0.25, -0.2) is 0 Å². The average Bonchev–Trinajstić information content (AvgIpc) is 3.49. The number of furan rings is 1.